The summed E-state index contributed by atoms with van der Waals surface area (Å²) < 4.78 is 0. The molecule has 1 saturated carbocycles. The van der Waals surface area contributed by atoms with Gasteiger partial charge in [0.1, 0.15) is 0 Å². The van der Waals surface area contributed by atoms with E-state index >= 15 is 0 Å². The number of hydrogen-bond donors (Lipinski definition) is 2. The second-order valence-electron chi connectivity index (χ2n) is 4.10. The molecule has 1 aliphatic rings. The average Bonchev–Trinajstić information content (AvgIpc) is 3.09. The van der Waals surface area contributed by atoms with Crippen LogP contribution in [0.3, 0.4) is 0 Å². The van der Waals surface area contributed by atoms with Crippen molar-refractivity contribution in [2.24, 2.45) is 5.92 Å². The number of rotatable bonds is 5. The van der Waals surface area contributed by atoms with Crippen molar-refractivity contribution >= 4 is 17.1 Å². The lowest BCUT2D eigenvalue weighted by Gasteiger charge is -2.07. The fourth-order valence-electron chi connectivity index (χ4n) is 1.55. The molecule has 1 aliphatic carbocycles. The molecule has 0 bridgehead atoms. The maximum absolute atomic E-state index is 10.7. The van der Waals surface area contributed by atoms with Gasteiger partial charge < -0.3 is 10.6 Å². The smallest absolute Gasteiger partial charge is 0.273 e. The molecule has 0 aliphatic heterocycles. The number of nitrogens with zero attached hydrogens (tertiary/aromatic N) is 1. The monoisotopic (exact) mass is 221 g/mol. The summed E-state index contributed by atoms with van der Waals surface area (Å²) in [7, 11) is 1.75. The Kier molecular flexibility index (Phi) is 2.94. The Bertz CT molecular complexity index is 402. The molecule has 0 spiro atoms. The molecule has 86 valence electrons. The van der Waals surface area contributed by atoms with Gasteiger partial charge in [-0.3, -0.25) is 10.1 Å². The lowest BCUT2D eigenvalue weighted by Crippen LogP contribution is -2.04. The molecular formula is C11H15N3O2. The Hall–Kier alpha value is -1.78. The topological polar surface area (TPSA) is 67.2 Å². The third-order valence-electron chi connectivity index (χ3n) is 2.71. The van der Waals surface area contributed by atoms with Crippen molar-refractivity contribution in [3.63, 3.8) is 0 Å². The van der Waals surface area contributed by atoms with Gasteiger partial charge >= 0.3 is 0 Å². The molecule has 1 aromatic rings. The van der Waals surface area contributed by atoms with Gasteiger partial charge in [0.2, 0.25) is 0 Å². The molecule has 1 aromatic carbocycles. The Morgan fingerprint density at radius 2 is 2.06 bits per heavy atom. The standard InChI is InChI=1S/C11H15N3O2/c1-12-9-4-10(13-7-8-2-3-8)6-11(5-9)14(15)16/h4-6,8,12-13H,2-3,7H2,1H3. The molecule has 0 aromatic heterocycles. The zero-order valence-corrected chi connectivity index (χ0v) is 9.19. The van der Waals surface area contributed by atoms with Crippen molar-refractivity contribution in [3.8, 4) is 0 Å². The lowest BCUT2D eigenvalue weighted by atomic mass is 10.2. The van der Waals surface area contributed by atoms with Crippen molar-refractivity contribution in [2.45, 2.75) is 12.8 Å². The number of nitro benzene ring substituents is 1. The van der Waals surface area contributed by atoms with Gasteiger partial charge in [-0.2, -0.15) is 0 Å². The second-order valence-corrected chi connectivity index (χ2v) is 4.10. The first kappa shape index (κ1) is 10.7. The number of nitro groups is 1. The summed E-state index contributed by atoms with van der Waals surface area (Å²) in [6.45, 7) is 0.907. The first-order valence-electron chi connectivity index (χ1n) is 5.40. The average molecular weight is 221 g/mol. The Labute approximate surface area is 94.0 Å². The predicted octanol–water partition coefficient (Wildman–Crippen LogP) is 2.46. The predicted molar refractivity (Wildman–Crippen MR) is 63.9 cm³/mol. The van der Waals surface area contributed by atoms with Crippen molar-refractivity contribution in [2.75, 3.05) is 24.2 Å². The summed E-state index contributed by atoms with van der Waals surface area (Å²) in [5, 5.41) is 16.9. The molecule has 0 saturated heterocycles. The molecular weight excluding hydrogens is 206 g/mol. The molecule has 2 rings (SSSR count). The van der Waals surface area contributed by atoms with Crippen LogP contribution in [-0.2, 0) is 0 Å². The highest BCUT2D eigenvalue weighted by molar-refractivity contribution is 5.63. The van der Waals surface area contributed by atoms with Gasteiger partial charge in [-0.15, -0.1) is 0 Å². The summed E-state index contributed by atoms with van der Waals surface area (Å²) in [4.78, 5) is 10.3. The Balaban J connectivity index is 2.14. The molecule has 0 atom stereocenters. The van der Waals surface area contributed by atoms with Crippen LogP contribution in [0.5, 0.6) is 0 Å². The van der Waals surface area contributed by atoms with Crippen molar-refractivity contribution < 1.29 is 4.92 Å². The zero-order chi connectivity index (χ0) is 11.5. The highest BCUT2D eigenvalue weighted by Crippen LogP contribution is 2.30. The maximum Gasteiger partial charge on any atom is 0.273 e. The minimum atomic E-state index is -0.372. The van der Waals surface area contributed by atoms with Crippen LogP contribution in [0, 0.1) is 16.0 Å². The zero-order valence-electron chi connectivity index (χ0n) is 9.19. The molecule has 0 heterocycles. The van der Waals surface area contributed by atoms with Crippen LogP contribution in [0.25, 0.3) is 0 Å². The normalized spacial score (nSPS) is 14.6. The molecule has 2 N–H and O–H groups in total. The van der Waals surface area contributed by atoms with Crippen LogP contribution in [0.4, 0.5) is 17.1 Å². The van der Waals surface area contributed by atoms with E-state index in [9.17, 15) is 10.1 Å². The Morgan fingerprint density at radius 1 is 1.38 bits per heavy atom. The van der Waals surface area contributed by atoms with E-state index < -0.39 is 0 Å². The third-order valence-corrected chi connectivity index (χ3v) is 2.71. The SMILES string of the molecule is CNc1cc(NCC2CC2)cc([N+](=O)[O-])c1. The first-order chi connectivity index (χ1) is 7.69. The first-order valence-corrected chi connectivity index (χ1v) is 5.40. The van der Waals surface area contributed by atoms with E-state index in [0.717, 1.165) is 23.8 Å². The van der Waals surface area contributed by atoms with Gasteiger partial charge in [0, 0.05) is 37.1 Å². The fourth-order valence-corrected chi connectivity index (χ4v) is 1.55. The van der Waals surface area contributed by atoms with Gasteiger partial charge in [-0.25, -0.2) is 0 Å². The Morgan fingerprint density at radius 3 is 2.62 bits per heavy atom. The third kappa shape index (κ3) is 2.62. The number of hydrogen-bond acceptors (Lipinski definition) is 4. The molecule has 1 fully saturated rings. The quantitative estimate of drug-likeness (QED) is 0.592. The van der Waals surface area contributed by atoms with Crippen molar-refractivity contribution in [1.29, 1.82) is 0 Å². The van der Waals surface area contributed by atoms with Crippen LogP contribution in [0.15, 0.2) is 18.2 Å². The number of anilines is 2. The van der Waals surface area contributed by atoms with Crippen LogP contribution in [-0.4, -0.2) is 18.5 Å². The molecule has 0 unspecified atom stereocenters. The van der Waals surface area contributed by atoms with Gasteiger partial charge in [-0.05, 0) is 24.8 Å². The highest BCUT2D eigenvalue weighted by Gasteiger charge is 2.21. The van der Waals surface area contributed by atoms with Crippen molar-refractivity contribution in [1.82, 2.24) is 0 Å². The van der Waals surface area contributed by atoms with Crippen molar-refractivity contribution in [3.05, 3.63) is 28.3 Å². The summed E-state index contributed by atoms with van der Waals surface area (Å²) in [5.41, 5.74) is 1.68. The minimum absolute atomic E-state index is 0.116. The second kappa shape index (κ2) is 4.38. The maximum atomic E-state index is 10.7. The number of nitrogens with one attached hydrogen (secondary N) is 2. The number of non-ortho nitro benzene ring substituents is 1. The van der Waals surface area contributed by atoms with E-state index in [1.54, 1.807) is 13.1 Å². The summed E-state index contributed by atoms with van der Waals surface area (Å²) in [5.74, 6) is 0.747. The number of benzene rings is 1. The highest BCUT2D eigenvalue weighted by atomic mass is 16.6. The fraction of sp³-hybridized carbons (Fsp3) is 0.455. The van der Waals surface area contributed by atoms with E-state index in [1.165, 1.54) is 18.9 Å². The van der Waals surface area contributed by atoms with Gasteiger partial charge in [-0.1, -0.05) is 0 Å². The molecule has 5 nitrogen and oxygen atoms in total. The van der Waals surface area contributed by atoms with Crippen LogP contribution >= 0.6 is 0 Å². The largest absolute Gasteiger partial charge is 0.388 e. The van der Waals surface area contributed by atoms with Gasteiger partial charge in [0.15, 0.2) is 0 Å². The minimum Gasteiger partial charge on any atom is -0.388 e. The van der Waals surface area contributed by atoms with E-state index in [0.29, 0.717) is 0 Å². The van der Waals surface area contributed by atoms with Gasteiger partial charge in [0.25, 0.3) is 5.69 Å². The summed E-state index contributed by atoms with van der Waals surface area (Å²) in [6.07, 6.45) is 2.53. The van der Waals surface area contributed by atoms with Gasteiger partial charge in [0.05, 0.1) is 4.92 Å². The van der Waals surface area contributed by atoms with Crippen LogP contribution < -0.4 is 10.6 Å². The van der Waals surface area contributed by atoms with E-state index in [-0.39, 0.29) is 10.6 Å². The molecule has 0 amide bonds. The van der Waals surface area contributed by atoms with Crippen LogP contribution in [0.2, 0.25) is 0 Å². The molecule has 0 radical (unpaired) electrons. The van der Waals surface area contributed by atoms with E-state index in [4.69, 9.17) is 0 Å². The molecule has 16 heavy (non-hydrogen) atoms. The van der Waals surface area contributed by atoms with E-state index in [2.05, 4.69) is 10.6 Å². The lowest BCUT2D eigenvalue weighted by molar-refractivity contribution is -0.384. The van der Waals surface area contributed by atoms with E-state index in [1.807, 2.05) is 6.07 Å². The molecule has 5 heteroatoms. The summed E-state index contributed by atoms with van der Waals surface area (Å²) >= 11 is 0. The summed E-state index contributed by atoms with van der Waals surface area (Å²) in [6, 6.07) is 4.99. The van der Waals surface area contributed by atoms with Crippen LogP contribution in [0.1, 0.15) is 12.8 Å².